The van der Waals surface area contributed by atoms with E-state index in [0.29, 0.717) is 12.2 Å². The largest absolute Gasteiger partial charge is 0.415 e. The predicted molar refractivity (Wildman–Crippen MR) is 81.5 cm³/mol. The second-order valence-corrected chi connectivity index (χ2v) is 11.5. The Labute approximate surface area is 121 Å². The lowest BCUT2D eigenvalue weighted by Gasteiger charge is -2.37. The van der Waals surface area contributed by atoms with E-state index in [-0.39, 0.29) is 10.1 Å². The zero-order chi connectivity index (χ0) is 14.8. The molecule has 1 aromatic carbocycles. The molecule has 1 aromatic rings. The molecule has 0 radical (unpaired) electrons. The molecule has 0 saturated carbocycles. The SMILES string of the molecule is CC(C)(C)[Si](C)(C)OC[C@H](N)c1cccc(Cl)c1F. The minimum absolute atomic E-state index is 0.0975. The number of rotatable bonds is 4. The molecule has 1 rings (SSSR count). The van der Waals surface area contributed by atoms with Gasteiger partial charge < -0.3 is 10.2 Å². The molecule has 0 saturated heterocycles. The van der Waals surface area contributed by atoms with Gasteiger partial charge in [0.2, 0.25) is 0 Å². The van der Waals surface area contributed by atoms with Crippen LogP contribution in [0.15, 0.2) is 18.2 Å². The van der Waals surface area contributed by atoms with Crippen molar-refractivity contribution in [3.63, 3.8) is 0 Å². The van der Waals surface area contributed by atoms with Gasteiger partial charge in [-0.05, 0) is 24.2 Å². The number of nitrogens with two attached hydrogens (primary N) is 1. The van der Waals surface area contributed by atoms with Crippen molar-refractivity contribution in [3.8, 4) is 0 Å². The van der Waals surface area contributed by atoms with Crippen LogP contribution in [0.1, 0.15) is 32.4 Å². The van der Waals surface area contributed by atoms with E-state index in [4.69, 9.17) is 21.8 Å². The summed E-state index contributed by atoms with van der Waals surface area (Å²) >= 11 is 5.76. The fourth-order valence-electron chi connectivity index (χ4n) is 1.41. The van der Waals surface area contributed by atoms with E-state index in [2.05, 4.69) is 33.9 Å². The fraction of sp³-hybridized carbons (Fsp3) is 0.571. The molecule has 0 bridgehead atoms. The van der Waals surface area contributed by atoms with Gasteiger partial charge in [-0.15, -0.1) is 0 Å². The monoisotopic (exact) mass is 303 g/mol. The molecule has 2 nitrogen and oxygen atoms in total. The summed E-state index contributed by atoms with van der Waals surface area (Å²) in [6, 6.07) is 4.38. The summed E-state index contributed by atoms with van der Waals surface area (Å²) in [5, 5.41) is 0.208. The van der Waals surface area contributed by atoms with Crippen LogP contribution >= 0.6 is 11.6 Å². The van der Waals surface area contributed by atoms with Gasteiger partial charge >= 0.3 is 0 Å². The highest BCUT2D eigenvalue weighted by Crippen LogP contribution is 2.37. The number of hydrogen-bond acceptors (Lipinski definition) is 2. The van der Waals surface area contributed by atoms with Gasteiger partial charge in [0.15, 0.2) is 8.32 Å². The average molecular weight is 304 g/mol. The molecule has 0 unspecified atom stereocenters. The summed E-state index contributed by atoms with van der Waals surface area (Å²) in [5.41, 5.74) is 6.42. The van der Waals surface area contributed by atoms with Gasteiger partial charge in [0, 0.05) is 5.56 Å². The first-order valence-electron chi connectivity index (χ1n) is 6.40. The molecular formula is C14H23ClFNOSi. The van der Waals surface area contributed by atoms with E-state index in [9.17, 15) is 4.39 Å². The molecule has 0 aliphatic heterocycles. The molecule has 19 heavy (non-hydrogen) atoms. The van der Waals surface area contributed by atoms with E-state index in [1.54, 1.807) is 12.1 Å². The smallest absolute Gasteiger partial charge is 0.192 e. The van der Waals surface area contributed by atoms with E-state index in [1.807, 2.05) is 0 Å². The molecule has 0 spiro atoms. The molecule has 0 amide bonds. The fourth-order valence-corrected chi connectivity index (χ4v) is 2.62. The Bertz CT molecular complexity index is 446. The van der Waals surface area contributed by atoms with Gasteiger partial charge in [0.1, 0.15) is 5.82 Å². The maximum atomic E-state index is 13.8. The third kappa shape index (κ3) is 4.02. The van der Waals surface area contributed by atoms with Crippen molar-refractivity contribution in [2.45, 2.75) is 44.9 Å². The Morgan fingerprint density at radius 3 is 2.47 bits per heavy atom. The molecule has 0 aromatic heterocycles. The Morgan fingerprint density at radius 1 is 1.37 bits per heavy atom. The number of hydrogen-bond donors (Lipinski definition) is 1. The summed E-state index contributed by atoms with van der Waals surface area (Å²) in [7, 11) is -1.87. The van der Waals surface area contributed by atoms with Crippen molar-refractivity contribution in [2.75, 3.05) is 6.61 Å². The standard InChI is InChI=1S/C14H23ClFNOSi/c1-14(2,3)19(4,5)18-9-12(17)10-7-6-8-11(15)13(10)16/h6-8,12H,9,17H2,1-5H3/t12-/m0/s1. The lowest BCUT2D eigenvalue weighted by atomic mass is 10.1. The summed E-state index contributed by atoms with van der Waals surface area (Å²) in [4.78, 5) is 0. The molecule has 2 N–H and O–H groups in total. The van der Waals surface area contributed by atoms with Crippen LogP contribution in [0.5, 0.6) is 0 Å². The Hall–Kier alpha value is -0.423. The van der Waals surface area contributed by atoms with Crippen LogP contribution in [0.25, 0.3) is 0 Å². The van der Waals surface area contributed by atoms with Gasteiger partial charge in [0.05, 0.1) is 17.7 Å². The van der Waals surface area contributed by atoms with Crippen molar-refractivity contribution in [1.29, 1.82) is 0 Å². The second-order valence-electron chi connectivity index (χ2n) is 6.32. The van der Waals surface area contributed by atoms with Crippen molar-refractivity contribution in [2.24, 2.45) is 5.73 Å². The third-order valence-corrected chi connectivity index (χ3v) is 8.60. The first kappa shape index (κ1) is 16.6. The lowest BCUT2D eigenvalue weighted by molar-refractivity contribution is 0.262. The van der Waals surface area contributed by atoms with Crippen molar-refractivity contribution in [1.82, 2.24) is 0 Å². The highest BCUT2D eigenvalue weighted by Gasteiger charge is 2.37. The maximum Gasteiger partial charge on any atom is 0.192 e. The van der Waals surface area contributed by atoms with Gasteiger partial charge in [-0.2, -0.15) is 0 Å². The lowest BCUT2D eigenvalue weighted by Crippen LogP contribution is -2.42. The molecule has 5 heteroatoms. The minimum atomic E-state index is -1.87. The van der Waals surface area contributed by atoms with Gasteiger partial charge in [-0.1, -0.05) is 44.5 Å². The van der Waals surface area contributed by atoms with Crippen molar-refractivity contribution >= 4 is 19.9 Å². The highest BCUT2D eigenvalue weighted by atomic mass is 35.5. The van der Waals surface area contributed by atoms with Crippen molar-refractivity contribution < 1.29 is 8.82 Å². The summed E-state index contributed by atoms with van der Waals surface area (Å²) < 4.78 is 19.9. The topological polar surface area (TPSA) is 35.2 Å². The van der Waals surface area contributed by atoms with E-state index >= 15 is 0 Å². The first-order chi connectivity index (χ1) is 8.56. The molecule has 0 heterocycles. The summed E-state index contributed by atoms with van der Waals surface area (Å²) in [6.45, 7) is 11.1. The summed E-state index contributed by atoms with van der Waals surface area (Å²) in [6.07, 6.45) is 0. The number of benzene rings is 1. The van der Waals surface area contributed by atoms with E-state index in [0.717, 1.165) is 0 Å². The normalized spacial score (nSPS) is 14.5. The van der Waals surface area contributed by atoms with Crippen LogP contribution in [-0.2, 0) is 4.43 Å². The van der Waals surface area contributed by atoms with Crippen LogP contribution in [0.3, 0.4) is 0 Å². The Balaban J connectivity index is 2.76. The third-order valence-electron chi connectivity index (χ3n) is 3.81. The van der Waals surface area contributed by atoms with E-state index < -0.39 is 20.2 Å². The quantitative estimate of drug-likeness (QED) is 0.831. The van der Waals surface area contributed by atoms with Crippen molar-refractivity contribution in [3.05, 3.63) is 34.6 Å². The average Bonchev–Trinajstić information content (AvgIpc) is 2.28. The Morgan fingerprint density at radius 2 is 1.95 bits per heavy atom. The predicted octanol–water partition coefficient (Wildman–Crippen LogP) is 4.50. The number of halogens is 2. The Kier molecular flexibility index (Phi) is 5.18. The van der Waals surface area contributed by atoms with Crippen LogP contribution in [0.4, 0.5) is 4.39 Å². The van der Waals surface area contributed by atoms with Gasteiger partial charge in [-0.3, -0.25) is 0 Å². The molecule has 0 aliphatic rings. The summed E-state index contributed by atoms with van der Waals surface area (Å²) in [5.74, 6) is -0.449. The molecular weight excluding hydrogens is 281 g/mol. The van der Waals surface area contributed by atoms with E-state index in [1.165, 1.54) is 6.07 Å². The van der Waals surface area contributed by atoms with Crippen LogP contribution in [0, 0.1) is 5.82 Å². The van der Waals surface area contributed by atoms with Crippen LogP contribution < -0.4 is 5.73 Å². The van der Waals surface area contributed by atoms with Gasteiger partial charge in [-0.25, -0.2) is 4.39 Å². The first-order valence-corrected chi connectivity index (χ1v) is 9.68. The van der Waals surface area contributed by atoms with Crippen LogP contribution in [0.2, 0.25) is 23.2 Å². The molecule has 108 valence electrons. The van der Waals surface area contributed by atoms with Crippen LogP contribution in [-0.4, -0.2) is 14.9 Å². The zero-order valence-corrected chi connectivity index (χ0v) is 14.0. The minimum Gasteiger partial charge on any atom is -0.415 e. The second kappa shape index (κ2) is 5.91. The van der Waals surface area contributed by atoms with Gasteiger partial charge in [0.25, 0.3) is 0 Å². The zero-order valence-electron chi connectivity index (χ0n) is 12.3. The maximum absolute atomic E-state index is 13.8. The molecule has 0 fully saturated rings. The highest BCUT2D eigenvalue weighted by molar-refractivity contribution is 6.74. The molecule has 0 aliphatic carbocycles. The molecule has 1 atom stereocenters.